The lowest BCUT2D eigenvalue weighted by Gasteiger charge is -2.01. The lowest BCUT2D eigenvalue weighted by Crippen LogP contribution is -2.23. The quantitative estimate of drug-likeness (QED) is 0.875. The van der Waals surface area contributed by atoms with Gasteiger partial charge in [-0.1, -0.05) is 61.5 Å². The van der Waals surface area contributed by atoms with Gasteiger partial charge in [-0.05, 0) is 18.6 Å². The number of amides is 1. The Hall–Kier alpha value is -2.09. The van der Waals surface area contributed by atoms with Gasteiger partial charge in [0, 0.05) is 12.1 Å². The maximum absolute atomic E-state index is 11.3. The van der Waals surface area contributed by atoms with Crippen molar-refractivity contribution in [3.05, 3.63) is 72.3 Å². The summed E-state index contributed by atoms with van der Waals surface area (Å²) in [6, 6.07) is 21.2. The molecule has 18 heavy (non-hydrogen) atoms. The lowest BCUT2D eigenvalue weighted by molar-refractivity contribution is 0.0953. The molecule has 2 heteroatoms. The highest BCUT2D eigenvalue weighted by molar-refractivity contribution is 5.94. The van der Waals surface area contributed by atoms with Gasteiger partial charge in [0.25, 0.3) is 5.91 Å². The van der Waals surface area contributed by atoms with E-state index in [9.17, 15) is 4.79 Å². The number of rotatable bonds is 3. The van der Waals surface area contributed by atoms with Crippen molar-refractivity contribution in [2.75, 3.05) is 6.54 Å². The average Bonchev–Trinajstić information content (AvgIpc) is 2.48. The second-order valence-electron chi connectivity index (χ2n) is 3.78. The molecule has 0 unspecified atom stereocenters. The highest BCUT2D eigenvalue weighted by atomic mass is 16.1. The minimum Gasteiger partial charge on any atom is -0.352 e. The monoisotopic (exact) mass is 241 g/mol. The predicted molar refractivity (Wildman–Crippen MR) is 75.5 cm³/mol. The third-order valence-corrected chi connectivity index (χ3v) is 2.24. The molecule has 0 bridgehead atoms. The van der Waals surface area contributed by atoms with E-state index in [0.29, 0.717) is 0 Å². The summed E-state index contributed by atoms with van der Waals surface area (Å²) >= 11 is 0. The van der Waals surface area contributed by atoms with Gasteiger partial charge in [-0.2, -0.15) is 0 Å². The third kappa shape index (κ3) is 5.85. The highest BCUT2D eigenvalue weighted by Gasteiger charge is 2.00. The van der Waals surface area contributed by atoms with Crippen LogP contribution in [0, 0.1) is 0 Å². The summed E-state index contributed by atoms with van der Waals surface area (Å²) in [5.74, 6) is 0.0115. The highest BCUT2D eigenvalue weighted by Crippen LogP contribution is 1.97. The zero-order valence-electron chi connectivity index (χ0n) is 10.7. The fourth-order valence-electron chi connectivity index (χ4n) is 1.32. The summed E-state index contributed by atoms with van der Waals surface area (Å²) in [5.41, 5.74) is 0.728. The standard InChI is InChI=1S/C10H13NO.C6H6/c1-2-8-11-10(12)9-6-4-3-5-7-9;1-2-4-6-5-3-1/h3-7H,2,8H2,1H3,(H,11,12);1-6H. The fourth-order valence-corrected chi connectivity index (χ4v) is 1.32. The number of carbonyl (C=O) groups excluding carboxylic acids is 1. The van der Waals surface area contributed by atoms with E-state index < -0.39 is 0 Å². The van der Waals surface area contributed by atoms with Crippen LogP contribution in [0.5, 0.6) is 0 Å². The second kappa shape index (κ2) is 8.99. The molecule has 0 aromatic heterocycles. The van der Waals surface area contributed by atoms with Crippen molar-refractivity contribution >= 4 is 5.91 Å². The largest absolute Gasteiger partial charge is 0.352 e. The molecule has 1 N–H and O–H groups in total. The van der Waals surface area contributed by atoms with Gasteiger partial charge in [0.2, 0.25) is 0 Å². The Labute approximate surface area is 109 Å². The van der Waals surface area contributed by atoms with E-state index in [0.717, 1.165) is 18.5 Å². The zero-order valence-corrected chi connectivity index (χ0v) is 10.7. The lowest BCUT2D eigenvalue weighted by atomic mass is 10.2. The Morgan fingerprint density at radius 1 is 0.889 bits per heavy atom. The summed E-state index contributed by atoms with van der Waals surface area (Å²) < 4.78 is 0. The van der Waals surface area contributed by atoms with Crippen molar-refractivity contribution in [1.29, 1.82) is 0 Å². The molecule has 94 valence electrons. The van der Waals surface area contributed by atoms with Crippen LogP contribution in [-0.2, 0) is 0 Å². The van der Waals surface area contributed by atoms with Crippen molar-refractivity contribution in [2.45, 2.75) is 13.3 Å². The molecule has 2 aromatic carbocycles. The van der Waals surface area contributed by atoms with Gasteiger partial charge < -0.3 is 5.32 Å². The molecule has 0 saturated heterocycles. The molecule has 0 atom stereocenters. The average molecular weight is 241 g/mol. The first kappa shape index (κ1) is 14.0. The molecule has 2 rings (SSSR count). The molecule has 0 aliphatic rings. The maximum Gasteiger partial charge on any atom is 0.251 e. The zero-order chi connectivity index (χ0) is 13.1. The van der Waals surface area contributed by atoms with Crippen LogP contribution in [0.2, 0.25) is 0 Å². The van der Waals surface area contributed by atoms with Crippen LogP contribution in [0.4, 0.5) is 0 Å². The molecule has 0 fully saturated rings. The van der Waals surface area contributed by atoms with Crippen molar-refractivity contribution in [2.24, 2.45) is 0 Å². The molecule has 0 saturated carbocycles. The number of benzene rings is 2. The molecule has 2 nitrogen and oxygen atoms in total. The van der Waals surface area contributed by atoms with E-state index in [2.05, 4.69) is 5.32 Å². The third-order valence-electron chi connectivity index (χ3n) is 2.24. The summed E-state index contributed by atoms with van der Waals surface area (Å²) in [5, 5.41) is 2.81. The van der Waals surface area contributed by atoms with E-state index in [4.69, 9.17) is 0 Å². The Bertz CT molecular complexity index is 399. The number of hydrogen-bond acceptors (Lipinski definition) is 1. The number of hydrogen-bond donors (Lipinski definition) is 1. The van der Waals surface area contributed by atoms with E-state index in [1.807, 2.05) is 73.7 Å². The van der Waals surface area contributed by atoms with Crippen LogP contribution in [-0.4, -0.2) is 12.5 Å². The smallest absolute Gasteiger partial charge is 0.251 e. The Balaban J connectivity index is 0.000000225. The van der Waals surface area contributed by atoms with E-state index in [1.165, 1.54) is 0 Å². The van der Waals surface area contributed by atoms with Gasteiger partial charge in [0.1, 0.15) is 0 Å². The Kier molecular flexibility index (Phi) is 6.98. The van der Waals surface area contributed by atoms with Crippen LogP contribution >= 0.6 is 0 Å². The summed E-state index contributed by atoms with van der Waals surface area (Å²) in [6.07, 6.45) is 0.971. The first-order chi connectivity index (χ1) is 8.84. The van der Waals surface area contributed by atoms with Gasteiger partial charge in [-0.15, -0.1) is 0 Å². The summed E-state index contributed by atoms with van der Waals surface area (Å²) in [6.45, 7) is 2.78. The van der Waals surface area contributed by atoms with Crippen molar-refractivity contribution in [3.8, 4) is 0 Å². The topological polar surface area (TPSA) is 29.1 Å². The molecule has 0 radical (unpaired) electrons. The molecule has 0 heterocycles. The Morgan fingerprint density at radius 2 is 1.33 bits per heavy atom. The maximum atomic E-state index is 11.3. The Morgan fingerprint density at radius 3 is 1.78 bits per heavy atom. The van der Waals surface area contributed by atoms with Crippen LogP contribution in [0.1, 0.15) is 23.7 Å². The van der Waals surface area contributed by atoms with Crippen LogP contribution < -0.4 is 5.32 Å². The van der Waals surface area contributed by atoms with Crippen LogP contribution in [0.25, 0.3) is 0 Å². The van der Waals surface area contributed by atoms with Crippen LogP contribution in [0.3, 0.4) is 0 Å². The minimum absolute atomic E-state index is 0.0115. The van der Waals surface area contributed by atoms with Crippen molar-refractivity contribution < 1.29 is 4.79 Å². The SMILES string of the molecule is CCCNC(=O)c1ccccc1.c1ccccc1. The fraction of sp³-hybridized carbons (Fsp3) is 0.188. The summed E-state index contributed by atoms with van der Waals surface area (Å²) in [7, 11) is 0. The molecule has 0 spiro atoms. The second-order valence-corrected chi connectivity index (χ2v) is 3.78. The molecule has 1 amide bonds. The normalized spacial score (nSPS) is 8.94. The van der Waals surface area contributed by atoms with E-state index in [1.54, 1.807) is 0 Å². The first-order valence-electron chi connectivity index (χ1n) is 6.18. The summed E-state index contributed by atoms with van der Waals surface area (Å²) in [4.78, 5) is 11.3. The van der Waals surface area contributed by atoms with E-state index in [-0.39, 0.29) is 5.91 Å². The predicted octanol–water partition coefficient (Wildman–Crippen LogP) is 3.51. The van der Waals surface area contributed by atoms with Gasteiger partial charge in [-0.25, -0.2) is 0 Å². The number of nitrogens with one attached hydrogen (secondary N) is 1. The van der Waals surface area contributed by atoms with Gasteiger partial charge >= 0.3 is 0 Å². The van der Waals surface area contributed by atoms with Crippen LogP contribution in [0.15, 0.2) is 66.7 Å². The van der Waals surface area contributed by atoms with Gasteiger partial charge in [0.05, 0.1) is 0 Å². The minimum atomic E-state index is 0.0115. The first-order valence-corrected chi connectivity index (χ1v) is 6.18. The van der Waals surface area contributed by atoms with E-state index >= 15 is 0 Å². The molecule has 0 aliphatic heterocycles. The van der Waals surface area contributed by atoms with Crippen molar-refractivity contribution in [1.82, 2.24) is 5.32 Å². The van der Waals surface area contributed by atoms with Gasteiger partial charge in [0.15, 0.2) is 0 Å². The number of carbonyl (C=O) groups is 1. The molecule has 0 aliphatic carbocycles. The van der Waals surface area contributed by atoms with Gasteiger partial charge in [-0.3, -0.25) is 4.79 Å². The molecular formula is C16H19NO. The van der Waals surface area contributed by atoms with Crippen molar-refractivity contribution in [3.63, 3.8) is 0 Å². The molecular weight excluding hydrogens is 222 g/mol. The molecule has 2 aromatic rings.